The lowest BCUT2D eigenvalue weighted by molar-refractivity contribution is -0.140. The number of rotatable bonds is 2. The van der Waals surface area contributed by atoms with Gasteiger partial charge in [0.2, 0.25) is 0 Å². The van der Waals surface area contributed by atoms with E-state index in [1.807, 2.05) is 0 Å². The molecule has 3 rings (SSSR count). The van der Waals surface area contributed by atoms with Gasteiger partial charge in [-0.15, -0.1) is 0 Å². The molecule has 2 atom stereocenters. The number of ether oxygens (including phenoxy) is 1. The largest absolute Gasteiger partial charge is 0.461 e. The fourth-order valence-electron chi connectivity index (χ4n) is 5.62. The van der Waals surface area contributed by atoms with Gasteiger partial charge in [-0.2, -0.15) is 0 Å². The molecular weight excluding hydrogens is 248 g/mol. The van der Waals surface area contributed by atoms with Crippen molar-refractivity contribution in [2.45, 2.75) is 66.7 Å². The maximum absolute atomic E-state index is 11.2. The van der Waals surface area contributed by atoms with Gasteiger partial charge in [0.25, 0.3) is 0 Å². The zero-order valence-corrected chi connectivity index (χ0v) is 13.6. The predicted octanol–water partition coefficient (Wildman–Crippen LogP) is 4.49. The molecule has 2 nitrogen and oxygen atoms in total. The molecule has 0 aromatic heterocycles. The van der Waals surface area contributed by atoms with Crippen molar-refractivity contribution in [2.75, 3.05) is 6.61 Å². The molecule has 0 aliphatic heterocycles. The van der Waals surface area contributed by atoms with E-state index in [0.29, 0.717) is 22.9 Å². The summed E-state index contributed by atoms with van der Waals surface area (Å²) in [5.41, 5.74) is 4.18. The molecule has 2 heteroatoms. The van der Waals surface area contributed by atoms with Crippen molar-refractivity contribution >= 4 is 5.97 Å². The van der Waals surface area contributed by atoms with Crippen LogP contribution in [0.5, 0.6) is 0 Å². The molecule has 0 heterocycles. The van der Waals surface area contributed by atoms with Crippen molar-refractivity contribution in [3.8, 4) is 0 Å². The van der Waals surface area contributed by atoms with Crippen LogP contribution in [0.15, 0.2) is 11.1 Å². The molecule has 0 saturated heterocycles. The van der Waals surface area contributed by atoms with E-state index in [9.17, 15) is 4.79 Å². The van der Waals surface area contributed by atoms with Gasteiger partial charge in [0.05, 0.1) is 0 Å². The van der Waals surface area contributed by atoms with Gasteiger partial charge in [-0.1, -0.05) is 33.3 Å². The Kier molecular flexibility index (Phi) is 2.91. The van der Waals surface area contributed by atoms with Gasteiger partial charge < -0.3 is 4.74 Å². The Morgan fingerprint density at radius 2 is 1.95 bits per heavy atom. The molecule has 3 aliphatic rings. The average molecular weight is 276 g/mol. The van der Waals surface area contributed by atoms with Gasteiger partial charge in [-0.25, -0.2) is 0 Å². The van der Waals surface area contributed by atoms with Crippen LogP contribution in [-0.2, 0) is 9.53 Å². The zero-order chi connectivity index (χ0) is 14.8. The minimum absolute atomic E-state index is 0.155. The Morgan fingerprint density at radius 1 is 1.25 bits per heavy atom. The standard InChI is InChI=1S/C18H28O2/c1-12(19)20-11-13-6-8-16(2,3)18-9-7-14(10-18)17(4,5)15(13)18/h14H,6-11H2,1-5H3/t14-,18?/m0/s1. The number of allylic oxidation sites excluding steroid dienone is 1. The highest BCUT2D eigenvalue weighted by Gasteiger charge is 2.65. The third-order valence-corrected chi connectivity index (χ3v) is 6.81. The van der Waals surface area contributed by atoms with Gasteiger partial charge >= 0.3 is 5.97 Å². The second kappa shape index (κ2) is 4.11. The molecule has 1 spiro atoms. The molecule has 2 bridgehead atoms. The van der Waals surface area contributed by atoms with Crippen LogP contribution in [0, 0.1) is 22.2 Å². The summed E-state index contributed by atoms with van der Waals surface area (Å²) in [5, 5.41) is 0. The third-order valence-electron chi connectivity index (χ3n) is 6.81. The normalized spacial score (nSPS) is 37.0. The molecule has 3 aliphatic carbocycles. The van der Waals surface area contributed by atoms with E-state index in [1.165, 1.54) is 38.2 Å². The van der Waals surface area contributed by atoms with Crippen LogP contribution in [0.3, 0.4) is 0 Å². The van der Waals surface area contributed by atoms with E-state index in [-0.39, 0.29) is 5.97 Å². The van der Waals surface area contributed by atoms with Gasteiger partial charge in [0, 0.05) is 6.92 Å². The highest BCUT2D eigenvalue weighted by molar-refractivity contribution is 5.66. The number of hydrogen-bond donors (Lipinski definition) is 0. The maximum Gasteiger partial charge on any atom is 0.302 e. The number of carbonyl (C=O) groups is 1. The summed E-state index contributed by atoms with van der Waals surface area (Å²) in [7, 11) is 0. The summed E-state index contributed by atoms with van der Waals surface area (Å²) in [6.07, 6.45) is 6.41. The summed E-state index contributed by atoms with van der Waals surface area (Å²) in [4.78, 5) is 11.2. The van der Waals surface area contributed by atoms with Crippen LogP contribution in [-0.4, -0.2) is 12.6 Å². The second-order valence-corrected chi connectivity index (χ2v) is 8.39. The summed E-state index contributed by atoms with van der Waals surface area (Å²) >= 11 is 0. The van der Waals surface area contributed by atoms with E-state index in [4.69, 9.17) is 4.74 Å². The van der Waals surface area contributed by atoms with Crippen molar-refractivity contribution < 1.29 is 9.53 Å². The minimum Gasteiger partial charge on any atom is -0.461 e. The molecule has 0 N–H and O–H groups in total. The second-order valence-electron chi connectivity index (χ2n) is 8.39. The first-order valence-corrected chi connectivity index (χ1v) is 8.07. The Labute approximate surface area is 123 Å². The molecule has 2 saturated carbocycles. The van der Waals surface area contributed by atoms with Crippen molar-refractivity contribution in [1.29, 1.82) is 0 Å². The van der Waals surface area contributed by atoms with Crippen molar-refractivity contribution in [1.82, 2.24) is 0 Å². The predicted molar refractivity (Wildman–Crippen MR) is 80.2 cm³/mol. The molecule has 1 unspecified atom stereocenters. The van der Waals surface area contributed by atoms with Crippen molar-refractivity contribution in [3.05, 3.63) is 11.1 Å². The van der Waals surface area contributed by atoms with Gasteiger partial charge in [-0.3, -0.25) is 4.79 Å². The highest BCUT2D eigenvalue weighted by atomic mass is 16.5. The molecule has 0 aromatic carbocycles. The van der Waals surface area contributed by atoms with E-state index in [0.717, 1.165) is 12.3 Å². The molecule has 0 radical (unpaired) electrons. The smallest absolute Gasteiger partial charge is 0.302 e. The summed E-state index contributed by atoms with van der Waals surface area (Å²) < 4.78 is 5.36. The molecule has 0 aromatic rings. The summed E-state index contributed by atoms with van der Waals surface area (Å²) in [5.74, 6) is 0.667. The Balaban J connectivity index is 2.07. The number of esters is 1. The lowest BCUT2D eigenvalue weighted by atomic mass is 9.52. The number of hydrogen-bond acceptors (Lipinski definition) is 2. The van der Waals surface area contributed by atoms with E-state index in [1.54, 1.807) is 5.57 Å². The van der Waals surface area contributed by atoms with E-state index >= 15 is 0 Å². The summed E-state index contributed by atoms with van der Waals surface area (Å²) in [6, 6.07) is 0. The lowest BCUT2D eigenvalue weighted by Crippen LogP contribution is -2.43. The van der Waals surface area contributed by atoms with Gasteiger partial charge in [0.1, 0.15) is 6.61 Å². The first kappa shape index (κ1) is 14.2. The Morgan fingerprint density at radius 3 is 2.60 bits per heavy atom. The fraction of sp³-hybridized carbons (Fsp3) is 0.833. The fourth-order valence-corrected chi connectivity index (χ4v) is 5.62. The molecule has 20 heavy (non-hydrogen) atoms. The van der Waals surface area contributed by atoms with E-state index in [2.05, 4.69) is 27.7 Å². The maximum atomic E-state index is 11.2. The highest BCUT2D eigenvalue weighted by Crippen LogP contribution is 2.74. The number of carbonyl (C=O) groups excluding carboxylic acids is 1. The van der Waals surface area contributed by atoms with Crippen LogP contribution < -0.4 is 0 Å². The van der Waals surface area contributed by atoms with Gasteiger partial charge in [0.15, 0.2) is 0 Å². The molecule has 2 fully saturated rings. The van der Waals surface area contributed by atoms with Gasteiger partial charge in [-0.05, 0) is 59.8 Å². The third kappa shape index (κ3) is 1.66. The topological polar surface area (TPSA) is 26.3 Å². The Hall–Kier alpha value is -0.790. The van der Waals surface area contributed by atoms with E-state index < -0.39 is 0 Å². The summed E-state index contributed by atoms with van der Waals surface area (Å²) in [6.45, 7) is 11.8. The van der Waals surface area contributed by atoms with Crippen molar-refractivity contribution in [2.24, 2.45) is 22.2 Å². The first-order valence-electron chi connectivity index (χ1n) is 8.07. The quantitative estimate of drug-likeness (QED) is 0.548. The SMILES string of the molecule is CC(=O)OCC1=C2C(C)(C)[C@H]3CCC2(C3)C(C)(C)CC1. The van der Waals surface area contributed by atoms with Crippen LogP contribution >= 0.6 is 0 Å². The van der Waals surface area contributed by atoms with Crippen LogP contribution in [0.2, 0.25) is 0 Å². The molecular formula is C18H28O2. The van der Waals surface area contributed by atoms with Crippen LogP contribution in [0.1, 0.15) is 66.7 Å². The zero-order valence-electron chi connectivity index (χ0n) is 13.6. The average Bonchev–Trinajstić information content (AvgIpc) is 2.85. The molecule has 112 valence electrons. The lowest BCUT2D eigenvalue weighted by Gasteiger charge is -2.52. The minimum atomic E-state index is -0.155. The first-order chi connectivity index (χ1) is 9.21. The molecule has 0 amide bonds. The monoisotopic (exact) mass is 276 g/mol. The Bertz CT molecular complexity index is 484. The van der Waals surface area contributed by atoms with Crippen molar-refractivity contribution in [3.63, 3.8) is 0 Å². The van der Waals surface area contributed by atoms with Crippen LogP contribution in [0.25, 0.3) is 0 Å². The number of fused-ring (bicyclic) bond motifs is 1. The van der Waals surface area contributed by atoms with Crippen LogP contribution in [0.4, 0.5) is 0 Å².